The highest BCUT2D eigenvalue weighted by atomic mass is 32.1. The Morgan fingerprint density at radius 3 is 2.19 bits per heavy atom. The molecule has 0 aliphatic carbocycles. The van der Waals surface area contributed by atoms with Crippen LogP contribution in [0.3, 0.4) is 0 Å². The summed E-state index contributed by atoms with van der Waals surface area (Å²) < 4.78 is 21.0. The molecule has 0 aliphatic rings. The quantitative estimate of drug-likeness (QED) is 0.498. The third kappa shape index (κ3) is 11.8. The molecule has 6 heteroatoms. The maximum atomic E-state index is 5.47. The molecule has 1 N–H and O–H groups in total. The fourth-order valence-corrected chi connectivity index (χ4v) is 2.33. The van der Waals surface area contributed by atoms with Crippen molar-refractivity contribution in [1.29, 1.82) is 0 Å². The smallest absolute Gasteiger partial charge is 0.0701 e. The zero-order chi connectivity index (χ0) is 15.0. The average molecular weight is 317 g/mol. The van der Waals surface area contributed by atoms with E-state index in [1.807, 2.05) is 0 Å². The lowest BCUT2D eigenvalue weighted by Crippen LogP contribution is -2.22. The average Bonchev–Trinajstić information content (AvgIpc) is 3.01. The molecule has 21 heavy (non-hydrogen) atoms. The molecule has 1 aromatic rings. The van der Waals surface area contributed by atoms with Gasteiger partial charge in [-0.25, -0.2) is 0 Å². The van der Waals surface area contributed by atoms with Crippen LogP contribution in [0.25, 0.3) is 0 Å². The largest absolute Gasteiger partial charge is 0.382 e. The van der Waals surface area contributed by atoms with E-state index in [2.05, 4.69) is 22.8 Å². The third-order valence-electron chi connectivity index (χ3n) is 2.73. The number of nitrogens with one attached hydrogen (secondary N) is 1. The van der Waals surface area contributed by atoms with Crippen molar-refractivity contribution < 1.29 is 18.9 Å². The molecule has 0 saturated carbocycles. The van der Waals surface area contributed by atoms with E-state index in [1.165, 1.54) is 4.88 Å². The highest BCUT2D eigenvalue weighted by Crippen LogP contribution is 2.07. The molecule has 0 bridgehead atoms. The van der Waals surface area contributed by atoms with Crippen molar-refractivity contribution in [2.75, 3.05) is 66.4 Å². The van der Waals surface area contributed by atoms with Crippen LogP contribution in [0.2, 0.25) is 0 Å². The van der Waals surface area contributed by atoms with Crippen LogP contribution in [0.15, 0.2) is 17.5 Å². The molecule has 0 radical (unpaired) electrons. The van der Waals surface area contributed by atoms with E-state index in [9.17, 15) is 0 Å². The van der Waals surface area contributed by atoms with Crippen LogP contribution in [0.1, 0.15) is 4.88 Å². The first-order valence-electron chi connectivity index (χ1n) is 7.38. The van der Waals surface area contributed by atoms with Gasteiger partial charge in [-0.15, -0.1) is 11.3 Å². The van der Waals surface area contributed by atoms with Crippen molar-refractivity contribution in [2.45, 2.75) is 6.42 Å². The molecule has 122 valence electrons. The Morgan fingerprint density at radius 1 is 0.905 bits per heavy atom. The summed E-state index contributed by atoms with van der Waals surface area (Å²) in [6.07, 6.45) is 1.09. The van der Waals surface area contributed by atoms with E-state index in [1.54, 1.807) is 18.4 Å². The SMILES string of the molecule is COCCOCCOCCOCCNCCc1cccs1. The Kier molecular flexibility index (Phi) is 12.8. The van der Waals surface area contributed by atoms with Crippen LogP contribution < -0.4 is 5.32 Å². The van der Waals surface area contributed by atoms with Crippen molar-refractivity contribution in [2.24, 2.45) is 0 Å². The predicted octanol–water partition coefficient (Wildman–Crippen LogP) is 1.58. The minimum absolute atomic E-state index is 0.603. The Balaban J connectivity index is 1.69. The lowest BCUT2D eigenvalue weighted by molar-refractivity contribution is 0.00412. The number of methoxy groups -OCH3 is 1. The monoisotopic (exact) mass is 317 g/mol. The zero-order valence-electron chi connectivity index (χ0n) is 12.8. The molecule has 5 nitrogen and oxygen atoms in total. The molecule has 0 saturated heterocycles. The molecule has 0 atom stereocenters. The summed E-state index contributed by atoms with van der Waals surface area (Å²) in [5.41, 5.74) is 0. The van der Waals surface area contributed by atoms with Crippen molar-refractivity contribution >= 4 is 11.3 Å². The first kappa shape index (κ1) is 18.5. The summed E-state index contributed by atoms with van der Waals surface area (Å²) in [6.45, 7) is 6.30. The summed E-state index contributed by atoms with van der Waals surface area (Å²) in [4.78, 5) is 1.42. The second-order valence-corrected chi connectivity index (χ2v) is 5.44. The van der Waals surface area contributed by atoms with Gasteiger partial charge in [0.1, 0.15) is 0 Å². The minimum atomic E-state index is 0.603. The molecular weight excluding hydrogens is 290 g/mol. The topological polar surface area (TPSA) is 49.0 Å². The highest BCUT2D eigenvalue weighted by molar-refractivity contribution is 7.09. The Hall–Kier alpha value is -0.500. The number of ether oxygens (including phenoxy) is 4. The lowest BCUT2D eigenvalue weighted by Gasteiger charge is -2.07. The predicted molar refractivity (Wildman–Crippen MR) is 85.2 cm³/mol. The van der Waals surface area contributed by atoms with Gasteiger partial charge in [-0.3, -0.25) is 0 Å². The second-order valence-electron chi connectivity index (χ2n) is 4.41. The van der Waals surface area contributed by atoms with E-state index in [0.717, 1.165) is 26.1 Å². The summed E-state index contributed by atoms with van der Waals surface area (Å²) >= 11 is 1.80. The van der Waals surface area contributed by atoms with Gasteiger partial charge >= 0.3 is 0 Å². The van der Waals surface area contributed by atoms with Crippen LogP contribution in [-0.4, -0.2) is 66.4 Å². The second kappa shape index (κ2) is 14.4. The van der Waals surface area contributed by atoms with Crippen LogP contribution in [-0.2, 0) is 25.4 Å². The van der Waals surface area contributed by atoms with Crippen molar-refractivity contribution in [3.05, 3.63) is 22.4 Å². The molecule has 1 rings (SSSR count). The molecule has 0 aromatic carbocycles. The molecule has 0 fully saturated rings. The van der Waals surface area contributed by atoms with Gasteiger partial charge in [-0.1, -0.05) is 6.07 Å². The van der Waals surface area contributed by atoms with Gasteiger partial charge in [-0.2, -0.15) is 0 Å². The van der Waals surface area contributed by atoms with Gasteiger partial charge < -0.3 is 24.3 Å². The molecule has 1 aromatic heterocycles. The van der Waals surface area contributed by atoms with Crippen LogP contribution in [0, 0.1) is 0 Å². The fraction of sp³-hybridized carbons (Fsp3) is 0.733. The maximum absolute atomic E-state index is 5.47. The summed E-state index contributed by atoms with van der Waals surface area (Å²) in [5.74, 6) is 0. The van der Waals surface area contributed by atoms with Crippen molar-refractivity contribution in [3.8, 4) is 0 Å². The van der Waals surface area contributed by atoms with Gasteiger partial charge in [0.15, 0.2) is 0 Å². The molecule has 1 heterocycles. The van der Waals surface area contributed by atoms with Crippen LogP contribution >= 0.6 is 11.3 Å². The standard InChI is InChI=1S/C15H27NO4S/c1-17-8-9-19-12-13-20-11-10-18-7-6-16-5-4-15-3-2-14-21-15/h2-3,14,16H,4-13H2,1H3. The zero-order valence-corrected chi connectivity index (χ0v) is 13.7. The van der Waals surface area contributed by atoms with Gasteiger partial charge in [-0.05, 0) is 17.9 Å². The van der Waals surface area contributed by atoms with Gasteiger partial charge in [0, 0.05) is 25.1 Å². The Bertz CT molecular complexity index is 309. The number of hydrogen-bond acceptors (Lipinski definition) is 6. The van der Waals surface area contributed by atoms with E-state index in [4.69, 9.17) is 18.9 Å². The van der Waals surface area contributed by atoms with Crippen LogP contribution in [0.4, 0.5) is 0 Å². The highest BCUT2D eigenvalue weighted by Gasteiger charge is 1.94. The third-order valence-corrected chi connectivity index (χ3v) is 3.66. The molecular formula is C15H27NO4S. The minimum Gasteiger partial charge on any atom is -0.382 e. The molecule has 0 unspecified atom stereocenters. The molecule has 0 amide bonds. The van der Waals surface area contributed by atoms with Crippen molar-refractivity contribution in [1.82, 2.24) is 5.32 Å². The van der Waals surface area contributed by atoms with Gasteiger partial charge in [0.05, 0.1) is 46.2 Å². The van der Waals surface area contributed by atoms with E-state index < -0.39 is 0 Å². The summed E-state index contributed by atoms with van der Waals surface area (Å²) in [6, 6.07) is 4.25. The number of thiophene rings is 1. The maximum Gasteiger partial charge on any atom is 0.0701 e. The Labute approximate surface area is 131 Å². The number of rotatable bonds is 15. The normalized spacial score (nSPS) is 11.1. The lowest BCUT2D eigenvalue weighted by atomic mass is 10.3. The first-order valence-corrected chi connectivity index (χ1v) is 8.26. The van der Waals surface area contributed by atoms with Gasteiger partial charge in [0.2, 0.25) is 0 Å². The molecule has 0 aliphatic heterocycles. The Morgan fingerprint density at radius 2 is 1.57 bits per heavy atom. The number of hydrogen-bond donors (Lipinski definition) is 1. The van der Waals surface area contributed by atoms with Crippen LogP contribution in [0.5, 0.6) is 0 Å². The van der Waals surface area contributed by atoms with E-state index in [-0.39, 0.29) is 0 Å². The summed E-state index contributed by atoms with van der Waals surface area (Å²) in [7, 11) is 1.66. The van der Waals surface area contributed by atoms with E-state index in [0.29, 0.717) is 39.6 Å². The summed E-state index contributed by atoms with van der Waals surface area (Å²) in [5, 5.41) is 5.48. The van der Waals surface area contributed by atoms with E-state index >= 15 is 0 Å². The molecule has 0 spiro atoms. The fourth-order valence-electron chi connectivity index (χ4n) is 1.62. The van der Waals surface area contributed by atoms with Gasteiger partial charge in [0.25, 0.3) is 0 Å². The van der Waals surface area contributed by atoms with Crippen molar-refractivity contribution in [3.63, 3.8) is 0 Å². The first-order chi connectivity index (χ1) is 10.4.